The van der Waals surface area contributed by atoms with Crippen molar-refractivity contribution in [3.8, 4) is 28.3 Å². The molecule has 0 atom stereocenters. The summed E-state index contributed by atoms with van der Waals surface area (Å²) in [5.74, 6) is 0.828. The monoisotopic (exact) mass is 884 g/mol. The van der Waals surface area contributed by atoms with Crippen LogP contribution in [0.15, 0.2) is 144 Å². The number of nitrogens with zero attached hydrogens (tertiary/aromatic N) is 3. The minimum atomic E-state index is -1.23. The predicted octanol–water partition coefficient (Wildman–Crippen LogP) is 11.9. The largest absolute Gasteiger partial charge is 0.501 e. The quantitative estimate of drug-likeness (QED) is 0.131. The second-order valence-electron chi connectivity index (χ2n) is 15.4. The summed E-state index contributed by atoms with van der Waals surface area (Å²) in [6, 6.07) is 52.7. The van der Waals surface area contributed by atoms with E-state index in [-0.39, 0.29) is 25.5 Å². The van der Waals surface area contributed by atoms with Gasteiger partial charge in [0.05, 0.1) is 30.5 Å². The van der Waals surface area contributed by atoms with Crippen molar-refractivity contribution in [1.82, 2.24) is 14.5 Å². The number of hydrogen-bond acceptors (Lipinski definition) is 3. The van der Waals surface area contributed by atoms with Crippen LogP contribution in [0.1, 0.15) is 26.3 Å². The van der Waals surface area contributed by atoms with Gasteiger partial charge in [0, 0.05) is 42.8 Å². The first-order valence-electron chi connectivity index (χ1n) is 17.8. The first-order valence-corrected chi connectivity index (χ1v) is 21.3. The predicted molar refractivity (Wildman–Crippen MR) is 220 cm³/mol. The van der Waals surface area contributed by atoms with Crippen LogP contribution >= 0.6 is 0 Å². The molecule has 6 aromatic carbocycles. The molecule has 9 aromatic rings. The molecule has 0 aliphatic rings. The third kappa shape index (κ3) is 7.03. The number of imidazole rings is 1. The Morgan fingerprint density at radius 2 is 1.42 bits per heavy atom. The smallest absolute Gasteiger partial charge is 0.120 e. The van der Waals surface area contributed by atoms with E-state index in [1.807, 2.05) is 54.7 Å². The van der Waals surface area contributed by atoms with Crippen LogP contribution in [-0.4, -0.2) is 22.6 Å². The topological polar surface area (TPSA) is 43.9 Å². The molecule has 3 heterocycles. The number of pyridine rings is 1. The van der Waals surface area contributed by atoms with Gasteiger partial charge in [-0.3, -0.25) is 4.98 Å². The Morgan fingerprint density at radius 3 is 2.11 bits per heavy atom. The second kappa shape index (κ2) is 14.4. The Balaban J connectivity index is 0.000000216. The van der Waals surface area contributed by atoms with E-state index in [4.69, 9.17) is 9.40 Å². The number of hydrogen-bond donors (Lipinski definition) is 0. The Bertz CT molecular complexity index is 2680. The van der Waals surface area contributed by atoms with Crippen LogP contribution in [0.3, 0.4) is 0 Å². The fourth-order valence-corrected chi connectivity index (χ4v) is 7.79. The van der Waals surface area contributed by atoms with Gasteiger partial charge in [-0.15, -0.1) is 54.1 Å². The van der Waals surface area contributed by atoms with Crippen LogP contribution in [0.4, 0.5) is 0 Å². The normalized spacial score (nSPS) is 11.8. The average Bonchev–Trinajstić information content (AvgIpc) is 3.74. The van der Waals surface area contributed by atoms with Gasteiger partial charge in [-0.2, -0.15) is 0 Å². The van der Waals surface area contributed by atoms with Crippen molar-refractivity contribution < 1.29 is 24.5 Å². The maximum Gasteiger partial charge on any atom is 0.120 e. The minimum Gasteiger partial charge on any atom is -0.501 e. The molecule has 0 unspecified atom stereocenters. The van der Waals surface area contributed by atoms with Crippen LogP contribution in [-0.2, 0) is 25.5 Å². The van der Waals surface area contributed by atoms with Crippen molar-refractivity contribution in [3.63, 3.8) is 0 Å². The van der Waals surface area contributed by atoms with E-state index in [9.17, 15) is 0 Å². The van der Waals surface area contributed by atoms with E-state index in [0.29, 0.717) is 0 Å². The molecule has 0 spiro atoms. The van der Waals surface area contributed by atoms with Gasteiger partial charge in [-0.25, -0.2) is 0 Å². The maximum atomic E-state index is 6.39. The Morgan fingerprint density at radius 1 is 0.679 bits per heavy atom. The summed E-state index contributed by atoms with van der Waals surface area (Å²) in [6.45, 7) is 13.7. The third-order valence-corrected chi connectivity index (χ3v) is 11.7. The van der Waals surface area contributed by atoms with E-state index in [1.54, 1.807) is 0 Å². The van der Waals surface area contributed by atoms with Crippen molar-refractivity contribution in [2.24, 2.45) is 0 Å². The fourth-order valence-electron chi connectivity index (χ4n) is 6.76. The van der Waals surface area contributed by atoms with E-state index in [2.05, 4.69) is 147 Å². The first kappa shape index (κ1) is 36.2. The van der Waals surface area contributed by atoms with Crippen molar-refractivity contribution in [1.29, 1.82) is 0 Å². The summed E-state index contributed by atoms with van der Waals surface area (Å²) < 4.78 is 8.63. The van der Waals surface area contributed by atoms with Crippen LogP contribution in [0.25, 0.3) is 72.1 Å². The second-order valence-corrected chi connectivity index (χ2v) is 20.5. The van der Waals surface area contributed by atoms with Gasteiger partial charge in [-0.1, -0.05) is 124 Å². The number of fused-ring (bicyclic) bond motifs is 6. The number of aromatic nitrogens is 3. The number of benzene rings is 6. The zero-order valence-corrected chi connectivity index (χ0v) is 34.3. The Kier molecular flexibility index (Phi) is 9.82. The molecular formula is C47H41IrN3OSi-2. The van der Waals surface area contributed by atoms with Gasteiger partial charge in [-0.05, 0) is 51.5 Å². The van der Waals surface area contributed by atoms with Gasteiger partial charge in [0.15, 0.2) is 0 Å². The molecule has 0 fully saturated rings. The van der Waals surface area contributed by atoms with Crippen LogP contribution in [0, 0.1) is 12.1 Å². The number of rotatable bonds is 4. The summed E-state index contributed by atoms with van der Waals surface area (Å²) in [7, 11) is -1.23. The van der Waals surface area contributed by atoms with Gasteiger partial charge in [0.25, 0.3) is 0 Å². The minimum absolute atomic E-state index is 0. The molecule has 0 saturated carbocycles. The van der Waals surface area contributed by atoms with E-state index in [1.165, 1.54) is 16.1 Å². The SMILES string of the molecule is CC(C)(C)c1ccc(-n2c(-c3[c-]ccc4c3oc3ccccc34)nc3c4ccccc4ccc32)cc1.C[Si](C)(C)c1ccc(-c2[c-]cccc2)nc1.[Ir]. The van der Waals surface area contributed by atoms with Gasteiger partial charge in [0.1, 0.15) is 5.58 Å². The van der Waals surface area contributed by atoms with E-state index < -0.39 is 8.07 Å². The van der Waals surface area contributed by atoms with Crippen molar-refractivity contribution in [2.75, 3.05) is 0 Å². The van der Waals surface area contributed by atoms with Gasteiger partial charge >= 0.3 is 0 Å². The molecule has 53 heavy (non-hydrogen) atoms. The molecule has 265 valence electrons. The number of furan rings is 1. The number of para-hydroxylation sites is 1. The van der Waals surface area contributed by atoms with Gasteiger partial charge < -0.3 is 14.0 Å². The molecule has 3 aromatic heterocycles. The third-order valence-electron chi connectivity index (χ3n) is 9.72. The summed E-state index contributed by atoms with van der Waals surface area (Å²) in [5, 5.41) is 5.89. The first-order chi connectivity index (χ1) is 25.1. The summed E-state index contributed by atoms with van der Waals surface area (Å²) in [5.41, 5.74) is 9.10. The molecule has 0 amide bonds. The average molecular weight is 884 g/mol. The standard InChI is InChI=1S/C33H25N2O.C14H16NSi.Ir/c1-33(2,3)22-16-18-23(19-17-22)35-28-20-15-21-9-4-5-10-24(21)30(28)34-32(35)27-13-8-12-26-25-11-6-7-14-29(25)36-31(26)27;1-16(2,3)13-9-10-14(15-11-13)12-7-5-4-6-8-12;/h4-12,14-20H,1-3H3;4-7,9-11H,1-3H3;/q2*-1;. The van der Waals surface area contributed by atoms with Crippen molar-refractivity contribution >= 4 is 57.0 Å². The molecule has 4 nitrogen and oxygen atoms in total. The zero-order chi connectivity index (χ0) is 36.0. The summed E-state index contributed by atoms with van der Waals surface area (Å²) in [4.78, 5) is 9.77. The summed E-state index contributed by atoms with van der Waals surface area (Å²) in [6.07, 6.45) is 2.02. The molecule has 0 aliphatic carbocycles. The van der Waals surface area contributed by atoms with Crippen molar-refractivity contribution in [2.45, 2.75) is 45.8 Å². The van der Waals surface area contributed by atoms with E-state index >= 15 is 0 Å². The zero-order valence-electron chi connectivity index (χ0n) is 30.9. The molecule has 1 radical (unpaired) electrons. The molecule has 6 heteroatoms. The molecule has 0 bridgehead atoms. The van der Waals surface area contributed by atoms with Crippen LogP contribution < -0.4 is 5.19 Å². The molecule has 0 N–H and O–H groups in total. The van der Waals surface area contributed by atoms with E-state index in [0.717, 1.165) is 66.7 Å². The van der Waals surface area contributed by atoms with Crippen molar-refractivity contribution in [3.05, 3.63) is 157 Å². The Hall–Kier alpha value is -5.13. The van der Waals surface area contributed by atoms with Crippen LogP contribution in [0.2, 0.25) is 19.6 Å². The fraction of sp³-hybridized carbons (Fsp3) is 0.149. The van der Waals surface area contributed by atoms with Gasteiger partial charge in [0.2, 0.25) is 0 Å². The maximum absolute atomic E-state index is 6.39. The molecule has 0 aliphatic heterocycles. The molecular weight excluding hydrogens is 843 g/mol. The Labute approximate surface area is 325 Å². The summed E-state index contributed by atoms with van der Waals surface area (Å²) >= 11 is 0. The van der Waals surface area contributed by atoms with Crippen LogP contribution in [0.5, 0.6) is 0 Å². The molecule has 9 rings (SSSR count). The molecule has 0 saturated heterocycles.